The van der Waals surface area contributed by atoms with Crippen LogP contribution in [-0.2, 0) is 4.74 Å². The maximum atomic E-state index is 8.82. The second-order valence-electron chi connectivity index (χ2n) is 4.32. The molecule has 0 bridgehead atoms. The molecule has 1 aliphatic heterocycles. The van der Waals surface area contributed by atoms with E-state index < -0.39 is 0 Å². The monoisotopic (exact) mass is 265 g/mol. The van der Waals surface area contributed by atoms with Gasteiger partial charge in [0.25, 0.3) is 0 Å². The summed E-state index contributed by atoms with van der Waals surface area (Å²) in [5, 5.41) is 17.6. The highest BCUT2D eigenvalue weighted by Crippen LogP contribution is 2.20. The zero-order valence-electron chi connectivity index (χ0n) is 11.1. The summed E-state index contributed by atoms with van der Waals surface area (Å²) in [6.45, 7) is 3.00. The van der Waals surface area contributed by atoms with Gasteiger partial charge in [-0.3, -0.25) is 0 Å². The molecule has 4 heteroatoms. The summed E-state index contributed by atoms with van der Waals surface area (Å²) in [5.41, 5.74) is 2.18. The van der Waals surface area contributed by atoms with Gasteiger partial charge in [-0.05, 0) is 17.7 Å². The minimum absolute atomic E-state index is 0.103. The average Bonchev–Trinajstić information content (AvgIpc) is 2.53. The Kier molecular flexibility index (Phi) is 4.94. The third-order valence-electron chi connectivity index (χ3n) is 3.07. The van der Waals surface area contributed by atoms with Crippen LogP contribution in [0.3, 0.4) is 0 Å². The predicted molar refractivity (Wildman–Crippen MR) is 76.1 cm³/mol. The second-order valence-corrected chi connectivity index (χ2v) is 4.32. The van der Waals surface area contributed by atoms with E-state index in [1.807, 2.05) is 48.5 Å². The van der Waals surface area contributed by atoms with E-state index in [4.69, 9.17) is 15.3 Å². The maximum absolute atomic E-state index is 8.82. The highest BCUT2D eigenvalue weighted by atomic mass is 16.5. The number of hydrogen-bond acceptors (Lipinski definition) is 4. The third-order valence-corrected chi connectivity index (χ3v) is 3.07. The predicted octanol–water partition coefficient (Wildman–Crippen LogP) is 2.33. The minimum atomic E-state index is 0.103. The van der Waals surface area contributed by atoms with Gasteiger partial charge in [-0.2, -0.15) is 10.5 Å². The molecule has 0 N–H and O–H groups in total. The van der Waals surface area contributed by atoms with Crippen molar-refractivity contribution in [2.24, 2.45) is 0 Å². The first-order chi connectivity index (χ1) is 9.85. The van der Waals surface area contributed by atoms with Crippen molar-refractivity contribution in [1.29, 1.82) is 10.5 Å². The highest BCUT2D eigenvalue weighted by molar-refractivity contribution is 5.66. The molecule has 2 rings (SSSR count). The van der Waals surface area contributed by atoms with Crippen LogP contribution in [0.2, 0.25) is 0 Å². The van der Waals surface area contributed by atoms with E-state index in [9.17, 15) is 0 Å². The summed E-state index contributed by atoms with van der Waals surface area (Å²) < 4.78 is 5.36. The van der Waals surface area contributed by atoms with Crippen molar-refractivity contribution >= 4 is 5.70 Å². The molecule has 0 aromatic heterocycles. The molecule has 0 radical (unpaired) electrons. The summed E-state index contributed by atoms with van der Waals surface area (Å²) in [5.74, 6) is 0. The fourth-order valence-corrected chi connectivity index (χ4v) is 2.06. The Morgan fingerprint density at radius 2 is 1.70 bits per heavy atom. The van der Waals surface area contributed by atoms with Gasteiger partial charge < -0.3 is 9.64 Å². The molecule has 0 aliphatic carbocycles. The molecule has 0 amide bonds. The van der Waals surface area contributed by atoms with Crippen LogP contribution in [0.4, 0.5) is 0 Å². The maximum Gasteiger partial charge on any atom is 0.129 e. The van der Waals surface area contributed by atoms with Crippen molar-refractivity contribution in [2.75, 3.05) is 26.3 Å². The summed E-state index contributed by atoms with van der Waals surface area (Å²) in [6, 6.07) is 13.7. The molecule has 4 nitrogen and oxygen atoms in total. The van der Waals surface area contributed by atoms with Gasteiger partial charge in [0.2, 0.25) is 0 Å². The molecule has 1 fully saturated rings. The van der Waals surface area contributed by atoms with Crippen LogP contribution < -0.4 is 0 Å². The van der Waals surface area contributed by atoms with Crippen LogP contribution in [0.1, 0.15) is 5.56 Å². The van der Waals surface area contributed by atoms with Crippen molar-refractivity contribution in [3.8, 4) is 12.1 Å². The lowest BCUT2D eigenvalue weighted by Gasteiger charge is -2.31. The number of allylic oxidation sites excluding steroid dienone is 3. The lowest BCUT2D eigenvalue weighted by Crippen LogP contribution is -2.34. The van der Waals surface area contributed by atoms with Gasteiger partial charge in [0, 0.05) is 18.8 Å². The molecule has 0 unspecified atom stereocenters. The number of benzene rings is 1. The first-order valence-electron chi connectivity index (χ1n) is 6.45. The van der Waals surface area contributed by atoms with E-state index in [1.165, 1.54) is 0 Å². The zero-order valence-corrected chi connectivity index (χ0v) is 11.1. The molecule has 0 spiro atoms. The van der Waals surface area contributed by atoms with Crippen LogP contribution in [0.15, 0.2) is 48.1 Å². The largest absolute Gasteiger partial charge is 0.378 e. The fraction of sp³-hybridized carbons (Fsp3) is 0.250. The molecule has 1 saturated heterocycles. The van der Waals surface area contributed by atoms with Gasteiger partial charge in [0.15, 0.2) is 0 Å². The van der Waals surface area contributed by atoms with E-state index in [0.29, 0.717) is 13.2 Å². The minimum Gasteiger partial charge on any atom is -0.378 e. The Labute approximate surface area is 118 Å². The number of nitrogens with zero attached hydrogens (tertiary/aromatic N) is 3. The molecule has 0 atom stereocenters. The number of hydrogen-bond donors (Lipinski definition) is 0. The molecule has 20 heavy (non-hydrogen) atoms. The number of rotatable bonds is 3. The molecule has 1 aromatic rings. The zero-order chi connectivity index (χ0) is 14.2. The Bertz CT molecular complexity index is 568. The fourth-order valence-electron chi connectivity index (χ4n) is 2.06. The van der Waals surface area contributed by atoms with Crippen molar-refractivity contribution < 1.29 is 4.74 Å². The Morgan fingerprint density at radius 3 is 2.30 bits per heavy atom. The van der Waals surface area contributed by atoms with E-state index in [2.05, 4.69) is 4.90 Å². The molecule has 0 saturated carbocycles. The van der Waals surface area contributed by atoms with Crippen molar-refractivity contribution in [3.63, 3.8) is 0 Å². The third kappa shape index (κ3) is 3.47. The lowest BCUT2D eigenvalue weighted by atomic mass is 10.1. The Hall–Kier alpha value is -2.56. The molecule has 1 aromatic carbocycles. The van der Waals surface area contributed by atoms with Crippen molar-refractivity contribution in [1.82, 2.24) is 4.90 Å². The number of nitriles is 2. The normalized spacial score (nSPS) is 15.1. The molecule has 1 heterocycles. The Morgan fingerprint density at radius 1 is 1.05 bits per heavy atom. The van der Waals surface area contributed by atoms with E-state index >= 15 is 0 Å². The van der Waals surface area contributed by atoms with Crippen LogP contribution in [0.25, 0.3) is 5.70 Å². The molecule has 1 aliphatic rings. The molecule has 100 valence electrons. The van der Waals surface area contributed by atoms with Gasteiger partial charge in [0.1, 0.15) is 17.7 Å². The topological polar surface area (TPSA) is 60.0 Å². The van der Waals surface area contributed by atoms with Crippen LogP contribution >= 0.6 is 0 Å². The van der Waals surface area contributed by atoms with Gasteiger partial charge >= 0.3 is 0 Å². The van der Waals surface area contributed by atoms with Crippen molar-refractivity contribution in [3.05, 3.63) is 53.6 Å². The average molecular weight is 265 g/mol. The number of ether oxygens (including phenoxy) is 1. The molecular formula is C16H15N3O. The van der Waals surface area contributed by atoms with Gasteiger partial charge in [-0.1, -0.05) is 30.3 Å². The van der Waals surface area contributed by atoms with E-state index in [1.54, 1.807) is 6.08 Å². The first-order valence-corrected chi connectivity index (χ1v) is 6.45. The van der Waals surface area contributed by atoms with Crippen LogP contribution in [-0.4, -0.2) is 31.2 Å². The summed E-state index contributed by atoms with van der Waals surface area (Å²) in [6.07, 6.45) is 3.40. The smallest absolute Gasteiger partial charge is 0.129 e. The first kappa shape index (κ1) is 13.9. The van der Waals surface area contributed by atoms with E-state index in [0.717, 1.165) is 24.4 Å². The van der Waals surface area contributed by atoms with Gasteiger partial charge in [0.05, 0.1) is 13.2 Å². The Balaban J connectivity index is 2.34. The summed E-state index contributed by atoms with van der Waals surface area (Å²) in [4.78, 5) is 2.21. The second kappa shape index (κ2) is 7.13. The van der Waals surface area contributed by atoms with Gasteiger partial charge in [-0.15, -0.1) is 0 Å². The SMILES string of the molecule is N#CC(C#N)=CC=C(c1ccccc1)N1CCOCC1. The van der Waals surface area contributed by atoms with Crippen LogP contribution in [0, 0.1) is 22.7 Å². The highest BCUT2D eigenvalue weighted by Gasteiger charge is 2.14. The van der Waals surface area contributed by atoms with Crippen LogP contribution in [0.5, 0.6) is 0 Å². The number of morpholine rings is 1. The summed E-state index contributed by atoms with van der Waals surface area (Å²) in [7, 11) is 0. The van der Waals surface area contributed by atoms with E-state index in [-0.39, 0.29) is 5.57 Å². The van der Waals surface area contributed by atoms with Crippen molar-refractivity contribution in [2.45, 2.75) is 0 Å². The van der Waals surface area contributed by atoms with Gasteiger partial charge in [-0.25, -0.2) is 0 Å². The standard InChI is InChI=1S/C16H15N3O/c17-12-14(13-18)6-7-16(15-4-2-1-3-5-15)19-8-10-20-11-9-19/h1-7H,8-11H2. The lowest BCUT2D eigenvalue weighted by molar-refractivity contribution is 0.0639. The quantitative estimate of drug-likeness (QED) is 0.621. The summed E-state index contributed by atoms with van der Waals surface area (Å²) >= 11 is 0. The molecular weight excluding hydrogens is 250 g/mol.